The monoisotopic (exact) mass is 416 g/mol. The van der Waals surface area contributed by atoms with Gasteiger partial charge in [0.15, 0.2) is 0 Å². The minimum Gasteiger partial charge on any atom is -0.190 e. The van der Waals surface area contributed by atoms with Crippen molar-refractivity contribution in [2.24, 2.45) is 0 Å². The molecule has 0 aliphatic heterocycles. The first-order chi connectivity index (χ1) is 12.3. The van der Waals surface area contributed by atoms with Crippen molar-refractivity contribution >= 4 is 10.8 Å². The van der Waals surface area contributed by atoms with Gasteiger partial charge < -0.3 is 0 Å². The summed E-state index contributed by atoms with van der Waals surface area (Å²) in [5, 5.41) is 2.96. The average Bonchev–Trinajstić information content (AvgIpc) is 3.37. The Hall–Kier alpha value is -1.33. The number of allylic oxidation sites excluding steroid dienone is 1. The molecule has 130 valence electrons. The first kappa shape index (κ1) is 19.4. The van der Waals surface area contributed by atoms with Crippen molar-refractivity contribution in [3.63, 3.8) is 0 Å². The molecule has 0 fully saturated rings. The molecule has 0 radical (unpaired) electrons. The van der Waals surface area contributed by atoms with Gasteiger partial charge in [-0.2, -0.15) is 29.3 Å². The van der Waals surface area contributed by atoms with Crippen molar-refractivity contribution in [1.29, 1.82) is 0 Å². The molecule has 0 bridgehead atoms. The Balaban J connectivity index is 0.000000167. The van der Waals surface area contributed by atoms with E-state index in [0.717, 1.165) is 6.42 Å². The third kappa shape index (κ3) is 3.84. The second-order valence-corrected chi connectivity index (χ2v) is 7.37. The Labute approximate surface area is 176 Å². The number of aryl methyl sites for hydroxylation is 2. The standard InChI is InChI=1S/C16H19.C9H7.Zr/c1-3-11(2)15-8-7-14-9-12-5-4-6-13(12)10-16(14)15;1-2-5-9-7-3-6-8(9)4-1;/h7-11H,3-6H2,1-2H3;1-5H,6H2;/q2*-1;+2. The van der Waals surface area contributed by atoms with E-state index in [9.17, 15) is 0 Å². The predicted octanol–water partition coefficient (Wildman–Crippen LogP) is 6.51. The maximum Gasteiger partial charge on any atom is 2.00 e. The van der Waals surface area contributed by atoms with Gasteiger partial charge in [-0.25, -0.2) is 0 Å². The molecular formula is C25H26Zr. The Bertz CT molecular complexity index is 913. The Morgan fingerprint density at radius 2 is 1.85 bits per heavy atom. The van der Waals surface area contributed by atoms with Crippen molar-refractivity contribution < 1.29 is 26.2 Å². The zero-order valence-electron chi connectivity index (χ0n) is 15.8. The normalized spacial score (nSPS) is 15.0. The summed E-state index contributed by atoms with van der Waals surface area (Å²) in [5.41, 5.74) is 7.40. The smallest absolute Gasteiger partial charge is 0.190 e. The molecule has 2 aliphatic carbocycles. The molecule has 1 atom stereocenters. The fourth-order valence-corrected chi connectivity index (χ4v) is 4.06. The summed E-state index contributed by atoms with van der Waals surface area (Å²) in [6.45, 7) is 4.61. The Kier molecular flexibility index (Phi) is 6.41. The zero-order chi connectivity index (χ0) is 17.2. The van der Waals surface area contributed by atoms with Gasteiger partial charge in [-0.05, 0) is 19.3 Å². The van der Waals surface area contributed by atoms with Crippen LogP contribution in [0, 0.1) is 6.08 Å². The SMILES string of the molecule is CCC(C)c1c[cH-]c2cc3c(cc12)CCC3.[C-]1=CCc2ccccc21.[Zr+2]. The van der Waals surface area contributed by atoms with E-state index in [2.05, 4.69) is 68.5 Å². The molecule has 3 aromatic rings. The topological polar surface area (TPSA) is 0 Å². The molecule has 1 heteroatoms. The predicted molar refractivity (Wildman–Crippen MR) is 107 cm³/mol. The maximum atomic E-state index is 3.18. The van der Waals surface area contributed by atoms with Crippen LogP contribution in [0.5, 0.6) is 0 Å². The molecule has 1 unspecified atom stereocenters. The van der Waals surface area contributed by atoms with Crippen molar-refractivity contribution in [1.82, 2.24) is 0 Å². The second kappa shape index (κ2) is 8.57. The number of fused-ring (bicyclic) bond motifs is 3. The molecule has 0 nitrogen and oxygen atoms in total. The summed E-state index contributed by atoms with van der Waals surface area (Å²) in [6.07, 6.45) is 11.5. The van der Waals surface area contributed by atoms with Crippen molar-refractivity contribution in [2.75, 3.05) is 0 Å². The molecule has 0 heterocycles. The quantitative estimate of drug-likeness (QED) is 0.417. The average molecular weight is 418 g/mol. The molecule has 3 aromatic carbocycles. The number of hydrogen-bond acceptors (Lipinski definition) is 0. The maximum absolute atomic E-state index is 3.18. The van der Waals surface area contributed by atoms with Gasteiger partial charge in [0.1, 0.15) is 0 Å². The van der Waals surface area contributed by atoms with Crippen molar-refractivity contribution in [3.8, 4) is 0 Å². The molecule has 0 spiro atoms. The van der Waals surface area contributed by atoms with E-state index in [-0.39, 0.29) is 26.2 Å². The summed E-state index contributed by atoms with van der Waals surface area (Å²) >= 11 is 0. The van der Waals surface area contributed by atoms with E-state index in [4.69, 9.17) is 0 Å². The first-order valence-corrected chi connectivity index (χ1v) is 9.63. The van der Waals surface area contributed by atoms with Crippen LogP contribution in [0.25, 0.3) is 10.8 Å². The molecule has 0 saturated carbocycles. The zero-order valence-corrected chi connectivity index (χ0v) is 18.3. The van der Waals surface area contributed by atoms with Gasteiger partial charge in [0.25, 0.3) is 0 Å². The van der Waals surface area contributed by atoms with E-state index in [1.54, 1.807) is 16.7 Å². The van der Waals surface area contributed by atoms with E-state index in [0.29, 0.717) is 5.92 Å². The largest absolute Gasteiger partial charge is 2.00 e. The van der Waals surface area contributed by atoms with Crippen molar-refractivity contribution in [3.05, 3.63) is 88.5 Å². The van der Waals surface area contributed by atoms with Gasteiger partial charge in [0.05, 0.1) is 0 Å². The van der Waals surface area contributed by atoms with Gasteiger partial charge in [0.2, 0.25) is 0 Å². The Morgan fingerprint density at radius 1 is 1.08 bits per heavy atom. The van der Waals surface area contributed by atoms with E-state index < -0.39 is 0 Å². The van der Waals surface area contributed by atoms with E-state index >= 15 is 0 Å². The van der Waals surface area contributed by atoms with Crippen LogP contribution in [-0.4, -0.2) is 0 Å². The summed E-state index contributed by atoms with van der Waals surface area (Å²) in [6, 6.07) is 17.9. The van der Waals surface area contributed by atoms with Gasteiger partial charge in [0, 0.05) is 0 Å². The van der Waals surface area contributed by atoms with Crippen LogP contribution in [0.1, 0.15) is 60.4 Å². The third-order valence-corrected chi connectivity index (χ3v) is 5.76. The van der Waals surface area contributed by atoms with Crippen LogP contribution in [0.2, 0.25) is 0 Å². The van der Waals surface area contributed by atoms with Crippen LogP contribution in [-0.2, 0) is 45.5 Å². The van der Waals surface area contributed by atoms with E-state index in [1.807, 2.05) is 6.07 Å². The molecule has 26 heavy (non-hydrogen) atoms. The van der Waals surface area contributed by atoms with Crippen molar-refractivity contribution in [2.45, 2.75) is 51.9 Å². The second-order valence-electron chi connectivity index (χ2n) is 7.37. The van der Waals surface area contributed by atoms with Crippen LogP contribution < -0.4 is 0 Å². The van der Waals surface area contributed by atoms with Gasteiger partial charge >= 0.3 is 26.2 Å². The molecule has 0 aromatic heterocycles. The first-order valence-electron chi connectivity index (χ1n) is 9.63. The van der Waals surface area contributed by atoms with Crippen LogP contribution in [0.15, 0.2) is 54.6 Å². The number of benzene rings is 2. The van der Waals surface area contributed by atoms with Gasteiger partial charge in [-0.3, -0.25) is 0 Å². The number of hydrogen-bond donors (Lipinski definition) is 0. The van der Waals surface area contributed by atoms with Crippen LogP contribution in [0.3, 0.4) is 0 Å². The summed E-state index contributed by atoms with van der Waals surface area (Å²) in [7, 11) is 0. The third-order valence-electron chi connectivity index (χ3n) is 5.76. The van der Waals surface area contributed by atoms with Crippen LogP contribution in [0.4, 0.5) is 0 Å². The molecule has 2 aliphatic rings. The fraction of sp³-hybridized carbons (Fsp3) is 0.320. The van der Waals surface area contributed by atoms with E-state index in [1.165, 1.54) is 47.6 Å². The summed E-state index contributed by atoms with van der Waals surface area (Å²) in [4.78, 5) is 0. The molecular weight excluding hydrogens is 391 g/mol. The summed E-state index contributed by atoms with van der Waals surface area (Å²) in [5.74, 6) is 0.692. The molecule has 0 saturated heterocycles. The molecule has 0 amide bonds. The van der Waals surface area contributed by atoms with Gasteiger partial charge in [-0.1, -0.05) is 49.8 Å². The molecule has 5 rings (SSSR count). The minimum atomic E-state index is 0. The van der Waals surface area contributed by atoms with Crippen LogP contribution >= 0.6 is 0 Å². The molecule has 0 N–H and O–H groups in total. The minimum absolute atomic E-state index is 0. The fourth-order valence-electron chi connectivity index (χ4n) is 4.06. The summed E-state index contributed by atoms with van der Waals surface area (Å²) < 4.78 is 0. The van der Waals surface area contributed by atoms with Gasteiger partial charge in [-0.15, -0.1) is 52.7 Å². The number of rotatable bonds is 2. The Morgan fingerprint density at radius 3 is 2.62 bits per heavy atom.